The minimum absolute atomic E-state index is 0.00906. The number of carbonyl (C=O) groups excluding carboxylic acids is 1. The van der Waals surface area contributed by atoms with Gasteiger partial charge in [0.25, 0.3) is 0 Å². The van der Waals surface area contributed by atoms with E-state index < -0.39 is 47.3 Å². The van der Waals surface area contributed by atoms with Crippen LogP contribution in [0.3, 0.4) is 0 Å². The SMILES string of the molecule is CC(C)(C)OC(=O)N1C2CCCC1CC(O)(c1cc(OC(F)(F)F)ccc1F)C2. The fourth-order valence-electron chi connectivity index (χ4n) is 4.32. The zero-order valence-electron chi connectivity index (χ0n) is 16.6. The summed E-state index contributed by atoms with van der Waals surface area (Å²) < 4.78 is 61.4. The maximum atomic E-state index is 14.5. The molecule has 2 fully saturated rings. The van der Waals surface area contributed by atoms with Crippen LogP contribution in [0.4, 0.5) is 22.4 Å². The average Bonchev–Trinajstić information content (AvgIpc) is 2.52. The first-order valence-electron chi connectivity index (χ1n) is 9.57. The molecule has 162 valence electrons. The highest BCUT2D eigenvalue weighted by Gasteiger charge is 2.50. The highest BCUT2D eigenvalue weighted by atomic mass is 19.4. The lowest BCUT2D eigenvalue weighted by atomic mass is 9.72. The van der Waals surface area contributed by atoms with Crippen molar-refractivity contribution in [3.63, 3.8) is 0 Å². The summed E-state index contributed by atoms with van der Waals surface area (Å²) in [6, 6.07) is 1.82. The van der Waals surface area contributed by atoms with E-state index in [1.54, 1.807) is 25.7 Å². The summed E-state index contributed by atoms with van der Waals surface area (Å²) in [4.78, 5) is 14.3. The summed E-state index contributed by atoms with van der Waals surface area (Å²) >= 11 is 0. The fraction of sp³-hybridized carbons (Fsp3) is 0.650. The second kappa shape index (κ2) is 7.34. The molecular weight excluding hydrogens is 394 g/mol. The molecule has 1 amide bonds. The maximum Gasteiger partial charge on any atom is 0.573 e. The molecule has 0 saturated carbocycles. The molecule has 9 heteroatoms. The minimum Gasteiger partial charge on any atom is -0.444 e. The molecule has 0 aliphatic carbocycles. The Balaban J connectivity index is 1.88. The predicted molar refractivity (Wildman–Crippen MR) is 95.7 cm³/mol. The molecule has 0 spiro atoms. The number of alkyl halides is 3. The number of rotatable bonds is 2. The van der Waals surface area contributed by atoms with Crippen molar-refractivity contribution in [3.8, 4) is 5.75 Å². The van der Waals surface area contributed by atoms with E-state index in [-0.39, 0.29) is 18.4 Å². The normalized spacial score (nSPS) is 27.5. The first-order valence-corrected chi connectivity index (χ1v) is 9.57. The van der Waals surface area contributed by atoms with Gasteiger partial charge in [0, 0.05) is 30.5 Å². The molecule has 29 heavy (non-hydrogen) atoms. The molecule has 1 aromatic carbocycles. The molecule has 5 nitrogen and oxygen atoms in total. The number of piperidine rings is 2. The molecule has 2 heterocycles. The molecular formula is C20H25F4NO4. The van der Waals surface area contributed by atoms with Crippen LogP contribution in [0.2, 0.25) is 0 Å². The Morgan fingerprint density at radius 1 is 1.17 bits per heavy atom. The van der Waals surface area contributed by atoms with Gasteiger partial charge in [0.2, 0.25) is 0 Å². The second-order valence-corrected chi connectivity index (χ2v) is 8.76. The number of amides is 1. The van der Waals surface area contributed by atoms with Gasteiger partial charge in [-0.25, -0.2) is 9.18 Å². The van der Waals surface area contributed by atoms with Gasteiger partial charge in [0.15, 0.2) is 0 Å². The molecule has 0 aromatic heterocycles. The molecule has 1 aromatic rings. The smallest absolute Gasteiger partial charge is 0.444 e. The molecule has 2 saturated heterocycles. The average molecular weight is 419 g/mol. The van der Waals surface area contributed by atoms with Crippen molar-refractivity contribution < 1.29 is 36.9 Å². The van der Waals surface area contributed by atoms with Gasteiger partial charge in [-0.3, -0.25) is 0 Å². The van der Waals surface area contributed by atoms with Gasteiger partial charge < -0.3 is 19.5 Å². The molecule has 2 unspecified atom stereocenters. The molecule has 2 aliphatic rings. The summed E-state index contributed by atoms with van der Waals surface area (Å²) in [6.07, 6.45) is -3.37. The maximum absolute atomic E-state index is 14.5. The van der Waals surface area contributed by atoms with Gasteiger partial charge in [-0.1, -0.05) is 0 Å². The van der Waals surface area contributed by atoms with Gasteiger partial charge in [0.05, 0.1) is 5.60 Å². The number of benzene rings is 1. The Hall–Kier alpha value is -2.03. The Kier molecular flexibility index (Phi) is 5.49. The number of carbonyl (C=O) groups is 1. The molecule has 3 rings (SSSR count). The topological polar surface area (TPSA) is 59.0 Å². The van der Waals surface area contributed by atoms with Crippen molar-refractivity contribution in [1.82, 2.24) is 4.90 Å². The highest BCUT2D eigenvalue weighted by molar-refractivity contribution is 5.69. The molecule has 0 radical (unpaired) electrons. The number of nitrogens with zero attached hydrogens (tertiary/aromatic N) is 1. The van der Waals surface area contributed by atoms with Gasteiger partial charge in [-0.05, 0) is 58.2 Å². The lowest BCUT2D eigenvalue weighted by molar-refractivity contribution is -0.274. The molecule has 1 N–H and O–H groups in total. The Morgan fingerprint density at radius 3 is 2.28 bits per heavy atom. The van der Waals surface area contributed by atoms with Crippen LogP contribution in [0.25, 0.3) is 0 Å². The summed E-state index contributed by atoms with van der Waals surface area (Å²) in [6.45, 7) is 5.26. The third-order valence-corrected chi connectivity index (χ3v) is 5.29. The summed E-state index contributed by atoms with van der Waals surface area (Å²) in [5.41, 5.74) is -2.64. The monoisotopic (exact) mass is 419 g/mol. The van der Waals surface area contributed by atoms with E-state index in [2.05, 4.69) is 4.74 Å². The van der Waals surface area contributed by atoms with E-state index in [0.29, 0.717) is 12.8 Å². The van der Waals surface area contributed by atoms with E-state index in [1.807, 2.05) is 0 Å². The van der Waals surface area contributed by atoms with Crippen molar-refractivity contribution in [2.24, 2.45) is 0 Å². The van der Waals surface area contributed by atoms with Crippen molar-refractivity contribution in [2.45, 2.75) is 82.5 Å². The van der Waals surface area contributed by atoms with E-state index >= 15 is 0 Å². The van der Waals surface area contributed by atoms with Crippen molar-refractivity contribution in [2.75, 3.05) is 0 Å². The predicted octanol–water partition coefficient (Wildman–Crippen LogP) is 4.86. The van der Waals surface area contributed by atoms with Gasteiger partial charge >= 0.3 is 12.5 Å². The van der Waals surface area contributed by atoms with Crippen LogP contribution in [0.5, 0.6) is 5.75 Å². The summed E-state index contributed by atoms with van der Waals surface area (Å²) in [7, 11) is 0. The standard InChI is InChI=1S/C20H25F4NO4/c1-18(2,3)29-17(26)25-12-5-4-6-13(25)11-19(27,10-12)15-9-14(7-8-16(15)21)28-20(22,23)24/h7-9,12-13,27H,4-6,10-11H2,1-3H3. The van der Waals surface area contributed by atoms with Crippen LogP contribution >= 0.6 is 0 Å². The molecule has 2 bridgehead atoms. The van der Waals surface area contributed by atoms with Gasteiger partial charge in [0.1, 0.15) is 17.2 Å². The van der Waals surface area contributed by atoms with Crippen LogP contribution in [-0.4, -0.2) is 40.1 Å². The van der Waals surface area contributed by atoms with Crippen LogP contribution in [0, 0.1) is 5.82 Å². The van der Waals surface area contributed by atoms with Gasteiger partial charge in [-0.15, -0.1) is 13.2 Å². The molecule has 2 aliphatic heterocycles. The Labute approximate surface area is 166 Å². The Morgan fingerprint density at radius 2 is 1.76 bits per heavy atom. The number of fused-ring (bicyclic) bond motifs is 2. The Bertz CT molecular complexity index is 761. The summed E-state index contributed by atoms with van der Waals surface area (Å²) in [5.74, 6) is -1.41. The van der Waals surface area contributed by atoms with Crippen LogP contribution < -0.4 is 4.74 Å². The van der Waals surface area contributed by atoms with Crippen molar-refractivity contribution in [3.05, 3.63) is 29.6 Å². The highest BCUT2D eigenvalue weighted by Crippen LogP contribution is 2.46. The van der Waals surface area contributed by atoms with Crippen LogP contribution in [0.1, 0.15) is 58.4 Å². The number of hydrogen-bond donors (Lipinski definition) is 1. The first-order chi connectivity index (χ1) is 13.3. The van der Waals surface area contributed by atoms with E-state index in [1.165, 1.54) is 0 Å². The summed E-state index contributed by atoms with van der Waals surface area (Å²) in [5, 5.41) is 11.2. The third kappa shape index (κ3) is 4.94. The zero-order valence-corrected chi connectivity index (χ0v) is 16.6. The number of aliphatic hydroxyl groups is 1. The first kappa shape index (κ1) is 21.7. The fourth-order valence-corrected chi connectivity index (χ4v) is 4.32. The van der Waals surface area contributed by atoms with Crippen molar-refractivity contribution >= 4 is 6.09 Å². The molecule has 2 atom stereocenters. The van der Waals surface area contributed by atoms with E-state index in [4.69, 9.17) is 4.74 Å². The quantitative estimate of drug-likeness (QED) is 0.696. The number of halogens is 4. The lowest BCUT2D eigenvalue weighted by Crippen LogP contribution is -2.59. The van der Waals surface area contributed by atoms with E-state index in [9.17, 15) is 27.5 Å². The zero-order chi connectivity index (χ0) is 21.6. The van der Waals surface area contributed by atoms with Crippen molar-refractivity contribution in [1.29, 1.82) is 0 Å². The largest absolute Gasteiger partial charge is 0.573 e. The van der Waals surface area contributed by atoms with Gasteiger partial charge in [-0.2, -0.15) is 0 Å². The third-order valence-electron chi connectivity index (χ3n) is 5.29. The minimum atomic E-state index is -4.92. The van der Waals surface area contributed by atoms with Crippen LogP contribution in [-0.2, 0) is 10.3 Å². The van der Waals surface area contributed by atoms with Crippen LogP contribution in [0.15, 0.2) is 18.2 Å². The number of ether oxygens (including phenoxy) is 2. The second-order valence-electron chi connectivity index (χ2n) is 8.76. The lowest BCUT2D eigenvalue weighted by Gasteiger charge is -2.51. The van der Waals surface area contributed by atoms with E-state index in [0.717, 1.165) is 24.6 Å². The number of hydrogen-bond acceptors (Lipinski definition) is 4.